The predicted molar refractivity (Wildman–Crippen MR) is 69.7 cm³/mol. The van der Waals surface area contributed by atoms with Crippen LogP contribution in [-0.2, 0) is 6.42 Å². The number of nitrogens with two attached hydrogens (primary N) is 1. The second-order valence-electron chi connectivity index (χ2n) is 4.60. The van der Waals surface area contributed by atoms with E-state index in [0.29, 0.717) is 6.04 Å². The summed E-state index contributed by atoms with van der Waals surface area (Å²) in [6.45, 7) is 0. The third-order valence-corrected chi connectivity index (χ3v) is 4.12. The molecule has 1 fully saturated rings. The second kappa shape index (κ2) is 5.19. The average Bonchev–Trinajstić information content (AvgIpc) is 2.67. The molecule has 1 aromatic rings. The zero-order valence-corrected chi connectivity index (χ0v) is 11.2. The molecule has 0 spiro atoms. The van der Waals surface area contributed by atoms with Gasteiger partial charge in [-0.05, 0) is 55.4 Å². The molecule has 0 aromatic heterocycles. The first kappa shape index (κ1) is 11.9. The lowest BCUT2D eigenvalue weighted by atomic mass is 9.98. The van der Waals surface area contributed by atoms with E-state index in [9.17, 15) is 0 Å². The van der Waals surface area contributed by atoms with Crippen LogP contribution >= 0.6 is 15.9 Å². The molecule has 1 aliphatic carbocycles. The summed E-state index contributed by atoms with van der Waals surface area (Å²) in [4.78, 5) is 0. The molecule has 0 aliphatic heterocycles. The summed E-state index contributed by atoms with van der Waals surface area (Å²) in [5, 5.41) is 0. The van der Waals surface area contributed by atoms with E-state index in [1.165, 1.54) is 22.9 Å². The highest BCUT2D eigenvalue weighted by Gasteiger charge is 2.22. The zero-order valence-electron chi connectivity index (χ0n) is 9.58. The molecule has 0 saturated heterocycles. The van der Waals surface area contributed by atoms with Crippen molar-refractivity contribution < 1.29 is 4.74 Å². The fourth-order valence-electron chi connectivity index (χ4n) is 2.44. The van der Waals surface area contributed by atoms with Crippen LogP contribution < -0.4 is 10.5 Å². The van der Waals surface area contributed by atoms with Gasteiger partial charge in [-0.15, -0.1) is 0 Å². The van der Waals surface area contributed by atoms with Gasteiger partial charge in [0.25, 0.3) is 0 Å². The van der Waals surface area contributed by atoms with Gasteiger partial charge in [0, 0.05) is 10.5 Å². The van der Waals surface area contributed by atoms with Gasteiger partial charge in [0.15, 0.2) is 0 Å². The lowest BCUT2D eigenvalue weighted by Gasteiger charge is -2.12. The first-order valence-electron chi connectivity index (χ1n) is 5.77. The minimum atomic E-state index is 0.411. The summed E-state index contributed by atoms with van der Waals surface area (Å²) in [5.41, 5.74) is 7.27. The van der Waals surface area contributed by atoms with Crippen LogP contribution in [-0.4, -0.2) is 13.2 Å². The van der Waals surface area contributed by atoms with Gasteiger partial charge >= 0.3 is 0 Å². The molecule has 2 atom stereocenters. The zero-order chi connectivity index (χ0) is 11.5. The van der Waals surface area contributed by atoms with Gasteiger partial charge in [0.05, 0.1) is 7.11 Å². The van der Waals surface area contributed by atoms with Gasteiger partial charge in [-0.2, -0.15) is 0 Å². The Morgan fingerprint density at radius 1 is 1.44 bits per heavy atom. The summed E-state index contributed by atoms with van der Waals surface area (Å²) in [6, 6.07) is 6.57. The molecule has 0 bridgehead atoms. The van der Waals surface area contributed by atoms with Gasteiger partial charge in [-0.25, -0.2) is 0 Å². The first-order valence-corrected chi connectivity index (χ1v) is 6.56. The lowest BCUT2D eigenvalue weighted by molar-refractivity contribution is 0.413. The summed E-state index contributed by atoms with van der Waals surface area (Å²) in [5.74, 6) is 1.67. The van der Waals surface area contributed by atoms with Crippen molar-refractivity contribution in [2.24, 2.45) is 11.7 Å². The lowest BCUT2D eigenvalue weighted by Crippen LogP contribution is -2.15. The molecule has 16 heavy (non-hydrogen) atoms. The number of rotatable bonds is 3. The molecule has 0 amide bonds. The van der Waals surface area contributed by atoms with Crippen LogP contribution in [0.3, 0.4) is 0 Å². The van der Waals surface area contributed by atoms with Crippen LogP contribution in [0.4, 0.5) is 0 Å². The SMILES string of the molecule is COc1ccc(Br)c(CC2CCC(N)C2)c1. The highest BCUT2D eigenvalue weighted by Crippen LogP contribution is 2.31. The third-order valence-electron chi connectivity index (χ3n) is 3.34. The standard InChI is InChI=1S/C13H18BrNO/c1-16-12-4-5-13(14)10(8-12)6-9-2-3-11(15)7-9/h4-5,8-9,11H,2-3,6-7,15H2,1H3. The van der Waals surface area contributed by atoms with Gasteiger partial charge in [-0.1, -0.05) is 15.9 Å². The molecule has 88 valence electrons. The Kier molecular flexibility index (Phi) is 3.87. The maximum absolute atomic E-state index is 5.94. The van der Waals surface area contributed by atoms with Crippen molar-refractivity contribution in [3.05, 3.63) is 28.2 Å². The fourth-order valence-corrected chi connectivity index (χ4v) is 2.85. The van der Waals surface area contributed by atoms with Gasteiger partial charge < -0.3 is 10.5 Å². The molecule has 1 saturated carbocycles. The Balaban J connectivity index is 2.08. The smallest absolute Gasteiger partial charge is 0.119 e. The van der Waals surface area contributed by atoms with Crippen molar-refractivity contribution in [1.82, 2.24) is 0 Å². The molecular weight excluding hydrogens is 266 g/mol. The number of hydrogen-bond acceptors (Lipinski definition) is 2. The first-order chi connectivity index (χ1) is 7.69. The van der Waals surface area contributed by atoms with Crippen molar-refractivity contribution in [3.63, 3.8) is 0 Å². The maximum atomic E-state index is 5.94. The van der Waals surface area contributed by atoms with E-state index in [1.54, 1.807) is 7.11 Å². The minimum Gasteiger partial charge on any atom is -0.497 e. The predicted octanol–water partition coefficient (Wildman–Crippen LogP) is 3.13. The van der Waals surface area contributed by atoms with Crippen molar-refractivity contribution in [2.45, 2.75) is 31.7 Å². The van der Waals surface area contributed by atoms with E-state index in [2.05, 4.69) is 28.1 Å². The molecule has 2 unspecified atom stereocenters. The highest BCUT2D eigenvalue weighted by molar-refractivity contribution is 9.10. The van der Waals surface area contributed by atoms with Crippen LogP contribution in [0.25, 0.3) is 0 Å². The van der Waals surface area contributed by atoms with Crippen molar-refractivity contribution in [1.29, 1.82) is 0 Å². The number of ether oxygens (including phenoxy) is 1. The largest absolute Gasteiger partial charge is 0.497 e. The molecule has 1 aromatic carbocycles. The number of halogens is 1. The molecule has 0 heterocycles. The third kappa shape index (κ3) is 2.77. The Hall–Kier alpha value is -0.540. The van der Waals surface area contributed by atoms with Crippen LogP contribution in [0, 0.1) is 5.92 Å². The van der Waals surface area contributed by atoms with Crippen LogP contribution in [0.2, 0.25) is 0 Å². The Labute approximate surface area is 105 Å². The van der Waals surface area contributed by atoms with E-state index in [-0.39, 0.29) is 0 Å². The summed E-state index contributed by atoms with van der Waals surface area (Å²) in [6.07, 6.45) is 4.69. The van der Waals surface area contributed by atoms with Crippen LogP contribution in [0.15, 0.2) is 22.7 Å². The normalized spacial score (nSPS) is 24.7. The molecule has 1 aliphatic rings. The summed E-state index contributed by atoms with van der Waals surface area (Å²) in [7, 11) is 1.71. The minimum absolute atomic E-state index is 0.411. The summed E-state index contributed by atoms with van der Waals surface area (Å²) < 4.78 is 6.42. The van der Waals surface area contributed by atoms with E-state index in [4.69, 9.17) is 10.5 Å². The molecule has 0 radical (unpaired) electrons. The molecule has 2 nitrogen and oxygen atoms in total. The quantitative estimate of drug-likeness (QED) is 0.925. The van der Waals surface area contributed by atoms with E-state index in [0.717, 1.165) is 24.5 Å². The van der Waals surface area contributed by atoms with E-state index in [1.807, 2.05) is 6.07 Å². The second-order valence-corrected chi connectivity index (χ2v) is 5.45. The Morgan fingerprint density at radius 3 is 2.88 bits per heavy atom. The monoisotopic (exact) mass is 283 g/mol. The number of hydrogen-bond donors (Lipinski definition) is 1. The molecular formula is C13H18BrNO. The highest BCUT2D eigenvalue weighted by atomic mass is 79.9. The number of methoxy groups -OCH3 is 1. The Morgan fingerprint density at radius 2 is 2.25 bits per heavy atom. The van der Waals surface area contributed by atoms with Gasteiger partial charge in [-0.3, -0.25) is 0 Å². The van der Waals surface area contributed by atoms with Gasteiger partial charge in [0.2, 0.25) is 0 Å². The van der Waals surface area contributed by atoms with E-state index >= 15 is 0 Å². The number of benzene rings is 1. The Bertz CT molecular complexity index is 367. The van der Waals surface area contributed by atoms with E-state index < -0.39 is 0 Å². The van der Waals surface area contributed by atoms with Crippen LogP contribution in [0.5, 0.6) is 5.75 Å². The fraction of sp³-hybridized carbons (Fsp3) is 0.538. The van der Waals surface area contributed by atoms with Crippen molar-refractivity contribution in [2.75, 3.05) is 7.11 Å². The molecule has 3 heteroatoms. The van der Waals surface area contributed by atoms with Crippen LogP contribution in [0.1, 0.15) is 24.8 Å². The topological polar surface area (TPSA) is 35.2 Å². The van der Waals surface area contributed by atoms with Gasteiger partial charge in [0.1, 0.15) is 5.75 Å². The maximum Gasteiger partial charge on any atom is 0.119 e. The molecule has 2 rings (SSSR count). The molecule has 2 N–H and O–H groups in total. The summed E-state index contributed by atoms with van der Waals surface area (Å²) >= 11 is 3.60. The van der Waals surface area contributed by atoms with Crippen molar-refractivity contribution in [3.8, 4) is 5.75 Å². The van der Waals surface area contributed by atoms with Crippen molar-refractivity contribution >= 4 is 15.9 Å². The average molecular weight is 284 g/mol.